The molecule has 2 amide bonds. The number of ether oxygens (including phenoxy) is 1. The fourth-order valence-electron chi connectivity index (χ4n) is 2.79. The molecule has 7 heteroatoms. The predicted octanol–water partition coefficient (Wildman–Crippen LogP) is 3.19. The Balaban J connectivity index is 1.78. The van der Waals surface area contributed by atoms with Crippen molar-refractivity contribution in [3.63, 3.8) is 0 Å². The zero-order valence-electron chi connectivity index (χ0n) is 14.3. The van der Waals surface area contributed by atoms with Crippen molar-refractivity contribution in [2.45, 2.75) is 6.92 Å². The number of carbonyl (C=O) groups excluding carboxylic acids is 2. The van der Waals surface area contributed by atoms with Crippen LogP contribution in [0, 0.1) is 6.92 Å². The third kappa shape index (κ3) is 4.05. The minimum absolute atomic E-state index is 0.0921. The van der Waals surface area contributed by atoms with Gasteiger partial charge in [-0.25, -0.2) is 0 Å². The quantitative estimate of drug-likeness (QED) is 0.801. The number of benzene rings is 2. The molecule has 3 rings (SSSR count). The molecule has 1 saturated heterocycles. The largest absolute Gasteiger partial charge is 0.506 e. The van der Waals surface area contributed by atoms with E-state index in [9.17, 15) is 14.7 Å². The van der Waals surface area contributed by atoms with Crippen LogP contribution < -0.4 is 5.32 Å². The number of phenols is 1. The second-order valence-corrected chi connectivity index (χ2v) is 6.94. The molecule has 0 atom stereocenters. The molecule has 2 aromatic carbocycles. The van der Waals surface area contributed by atoms with Gasteiger partial charge in [0.15, 0.2) is 0 Å². The van der Waals surface area contributed by atoms with Gasteiger partial charge in [-0.1, -0.05) is 6.07 Å². The van der Waals surface area contributed by atoms with E-state index in [0.29, 0.717) is 42.0 Å². The monoisotopic (exact) mass is 418 g/mol. The molecule has 0 unspecified atom stereocenters. The van der Waals surface area contributed by atoms with E-state index >= 15 is 0 Å². The molecule has 2 aromatic rings. The number of anilines is 1. The van der Waals surface area contributed by atoms with Crippen molar-refractivity contribution in [2.75, 3.05) is 31.6 Å². The lowest BCUT2D eigenvalue weighted by Gasteiger charge is -2.27. The number of nitrogens with one attached hydrogen (secondary N) is 1. The van der Waals surface area contributed by atoms with Crippen LogP contribution in [-0.2, 0) is 4.74 Å². The van der Waals surface area contributed by atoms with Gasteiger partial charge in [-0.15, -0.1) is 0 Å². The number of hydrogen-bond acceptors (Lipinski definition) is 4. The zero-order chi connectivity index (χ0) is 18.7. The first kappa shape index (κ1) is 18.4. The van der Waals surface area contributed by atoms with Crippen LogP contribution in [0.3, 0.4) is 0 Å². The molecule has 0 spiro atoms. The number of nitrogens with zero attached hydrogens (tertiary/aromatic N) is 1. The smallest absolute Gasteiger partial charge is 0.259 e. The van der Waals surface area contributed by atoms with E-state index in [0.717, 1.165) is 5.56 Å². The second kappa shape index (κ2) is 7.88. The molecule has 0 aromatic heterocycles. The second-order valence-electron chi connectivity index (χ2n) is 6.08. The fourth-order valence-corrected chi connectivity index (χ4v) is 3.36. The number of halogens is 1. The zero-order valence-corrected chi connectivity index (χ0v) is 15.9. The SMILES string of the molecule is Cc1cc(Br)c(O)c(C(=O)Nc2cccc(C(=O)N3CCOCC3)c2)c1. The molecule has 26 heavy (non-hydrogen) atoms. The standard InChI is InChI=1S/C19H19BrN2O4/c1-12-9-15(17(23)16(20)10-12)18(24)21-14-4-2-3-13(11-14)19(25)22-5-7-26-8-6-22/h2-4,9-11,23H,5-8H2,1H3,(H,21,24). The molecule has 6 nitrogen and oxygen atoms in total. The lowest BCUT2D eigenvalue weighted by Crippen LogP contribution is -2.40. The van der Waals surface area contributed by atoms with Crippen LogP contribution in [0.2, 0.25) is 0 Å². The first-order valence-electron chi connectivity index (χ1n) is 8.23. The summed E-state index contributed by atoms with van der Waals surface area (Å²) in [4.78, 5) is 26.8. The van der Waals surface area contributed by atoms with Crippen LogP contribution in [0.4, 0.5) is 5.69 Å². The van der Waals surface area contributed by atoms with Crippen LogP contribution in [0.15, 0.2) is 40.9 Å². The number of aromatic hydroxyl groups is 1. The number of carbonyl (C=O) groups is 2. The van der Waals surface area contributed by atoms with Crippen molar-refractivity contribution in [1.29, 1.82) is 0 Å². The van der Waals surface area contributed by atoms with Gasteiger partial charge in [-0.3, -0.25) is 9.59 Å². The number of hydrogen-bond donors (Lipinski definition) is 2. The maximum Gasteiger partial charge on any atom is 0.259 e. The number of amides is 2. The highest BCUT2D eigenvalue weighted by atomic mass is 79.9. The number of morpholine rings is 1. The maximum atomic E-state index is 12.6. The van der Waals surface area contributed by atoms with Crippen molar-refractivity contribution in [2.24, 2.45) is 0 Å². The third-order valence-electron chi connectivity index (χ3n) is 4.12. The summed E-state index contributed by atoms with van der Waals surface area (Å²) in [5.74, 6) is -0.651. The van der Waals surface area contributed by atoms with Crippen LogP contribution in [0.5, 0.6) is 5.75 Å². The minimum Gasteiger partial charge on any atom is -0.506 e. The number of aryl methyl sites for hydroxylation is 1. The Hall–Kier alpha value is -2.38. The maximum absolute atomic E-state index is 12.6. The molecule has 1 fully saturated rings. The average molecular weight is 419 g/mol. The highest BCUT2D eigenvalue weighted by molar-refractivity contribution is 9.10. The molecule has 1 heterocycles. The molecule has 1 aliphatic heterocycles. The number of rotatable bonds is 3. The normalized spacial score (nSPS) is 14.2. The van der Waals surface area contributed by atoms with Gasteiger partial charge in [0.05, 0.1) is 23.2 Å². The van der Waals surface area contributed by atoms with Crippen molar-refractivity contribution >= 4 is 33.4 Å². The van der Waals surface area contributed by atoms with Gasteiger partial charge in [0, 0.05) is 24.3 Å². The van der Waals surface area contributed by atoms with Gasteiger partial charge < -0.3 is 20.1 Å². The summed E-state index contributed by atoms with van der Waals surface area (Å²) in [5.41, 5.74) is 2.00. The minimum atomic E-state index is -0.442. The average Bonchev–Trinajstić information content (AvgIpc) is 2.65. The Morgan fingerprint density at radius 2 is 1.92 bits per heavy atom. The van der Waals surface area contributed by atoms with E-state index in [1.807, 2.05) is 6.92 Å². The Labute approximate surface area is 159 Å². The highest BCUT2D eigenvalue weighted by Gasteiger charge is 2.19. The molecule has 2 N–H and O–H groups in total. The van der Waals surface area contributed by atoms with Crippen molar-refractivity contribution in [3.8, 4) is 5.75 Å². The molecule has 0 aliphatic carbocycles. The predicted molar refractivity (Wildman–Crippen MR) is 102 cm³/mol. The Morgan fingerprint density at radius 1 is 1.19 bits per heavy atom. The van der Waals surface area contributed by atoms with Crippen LogP contribution in [-0.4, -0.2) is 48.1 Å². The first-order chi connectivity index (χ1) is 12.5. The van der Waals surface area contributed by atoms with Crippen LogP contribution in [0.1, 0.15) is 26.3 Å². The first-order valence-corrected chi connectivity index (χ1v) is 9.02. The molecular formula is C19H19BrN2O4. The van der Waals surface area contributed by atoms with E-state index in [-0.39, 0.29) is 17.2 Å². The highest BCUT2D eigenvalue weighted by Crippen LogP contribution is 2.30. The fraction of sp³-hybridized carbons (Fsp3) is 0.263. The summed E-state index contributed by atoms with van der Waals surface area (Å²) in [6.45, 7) is 4.01. The summed E-state index contributed by atoms with van der Waals surface area (Å²) in [6, 6.07) is 10.1. The molecule has 0 saturated carbocycles. The molecular weight excluding hydrogens is 400 g/mol. The molecule has 0 bridgehead atoms. The van der Waals surface area contributed by atoms with Crippen molar-refractivity contribution < 1.29 is 19.4 Å². The Kier molecular flexibility index (Phi) is 5.58. The van der Waals surface area contributed by atoms with Gasteiger partial charge in [0.2, 0.25) is 0 Å². The van der Waals surface area contributed by atoms with Crippen LogP contribution in [0.25, 0.3) is 0 Å². The number of phenolic OH excluding ortho intramolecular Hbond substituents is 1. The molecule has 1 aliphatic rings. The van der Waals surface area contributed by atoms with E-state index in [1.54, 1.807) is 41.3 Å². The van der Waals surface area contributed by atoms with Gasteiger partial charge in [0.1, 0.15) is 5.75 Å². The summed E-state index contributed by atoms with van der Waals surface area (Å²) in [6.07, 6.45) is 0. The van der Waals surface area contributed by atoms with Crippen LogP contribution >= 0.6 is 15.9 Å². The van der Waals surface area contributed by atoms with Gasteiger partial charge in [-0.2, -0.15) is 0 Å². The summed E-state index contributed by atoms with van der Waals surface area (Å²) >= 11 is 3.23. The summed E-state index contributed by atoms with van der Waals surface area (Å²) < 4.78 is 5.72. The summed E-state index contributed by atoms with van der Waals surface area (Å²) in [7, 11) is 0. The topological polar surface area (TPSA) is 78.9 Å². The Morgan fingerprint density at radius 3 is 2.65 bits per heavy atom. The van der Waals surface area contributed by atoms with E-state index in [4.69, 9.17) is 4.74 Å². The van der Waals surface area contributed by atoms with Gasteiger partial charge in [-0.05, 0) is 58.7 Å². The van der Waals surface area contributed by atoms with E-state index in [1.165, 1.54) is 0 Å². The van der Waals surface area contributed by atoms with Gasteiger partial charge in [0.25, 0.3) is 11.8 Å². The Bertz CT molecular complexity index is 847. The lowest BCUT2D eigenvalue weighted by molar-refractivity contribution is 0.0303. The summed E-state index contributed by atoms with van der Waals surface area (Å²) in [5, 5.41) is 12.8. The lowest BCUT2D eigenvalue weighted by atomic mass is 10.1. The molecule has 0 radical (unpaired) electrons. The van der Waals surface area contributed by atoms with Crippen molar-refractivity contribution in [1.82, 2.24) is 4.90 Å². The van der Waals surface area contributed by atoms with E-state index < -0.39 is 5.91 Å². The third-order valence-corrected chi connectivity index (χ3v) is 4.72. The van der Waals surface area contributed by atoms with Gasteiger partial charge >= 0.3 is 0 Å². The van der Waals surface area contributed by atoms with E-state index in [2.05, 4.69) is 21.2 Å². The van der Waals surface area contributed by atoms with Crippen molar-refractivity contribution in [3.05, 3.63) is 57.6 Å². The molecule has 136 valence electrons.